The number of nitrogens with one attached hydrogen (secondary N) is 1. The number of carbonyl (C=O) groups excluding carboxylic acids is 1. The van der Waals surface area contributed by atoms with Crippen LogP contribution in [0.5, 0.6) is 11.8 Å². The number of aryl methyl sites for hydroxylation is 1. The zero-order valence-corrected chi connectivity index (χ0v) is 16.8. The van der Waals surface area contributed by atoms with E-state index in [2.05, 4.69) is 10.3 Å². The summed E-state index contributed by atoms with van der Waals surface area (Å²) in [7, 11) is 3.53. The molecule has 0 fully saturated rings. The van der Waals surface area contributed by atoms with Crippen molar-refractivity contribution in [3.8, 4) is 11.8 Å². The van der Waals surface area contributed by atoms with Crippen LogP contribution >= 0.6 is 0 Å². The Morgan fingerprint density at radius 2 is 1.87 bits per heavy atom. The number of rotatable bonds is 6. The molecule has 0 saturated heterocycles. The topological polar surface area (TPSA) is 91.4 Å². The number of methoxy groups -OCH3 is 1. The average Bonchev–Trinajstić information content (AvgIpc) is 3.09. The second kappa shape index (κ2) is 8.16. The summed E-state index contributed by atoms with van der Waals surface area (Å²) >= 11 is 0. The van der Waals surface area contributed by atoms with Crippen molar-refractivity contribution >= 4 is 28.3 Å². The maximum absolute atomic E-state index is 12.4. The van der Waals surface area contributed by atoms with Gasteiger partial charge in [-0.25, -0.2) is 0 Å². The van der Waals surface area contributed by atoms with Crippen LogP contribution in [0.2, 0.25) is 0 Å². The Morgan fingerprint density at radius 3 is 2.60 bits per heavy atom. The van der Waals surface area contributed by atoms with E-state index in [1.54, 1.807) is 31.4 Å². The van der Waals surface area contributed by atoms with Crippen molar-refractivity contribution in [3.05, 3.63) is 77.9 Å². The molecule has 1 aromatic heterocycles. The molecule has 0 bridgehead atoms. The Kier molecular flexibility index (Phi) is 5.26. The fraction of sp³-hybridized carbons (Fsp3) is 0.130. The van der Waals surface area contributed by atoms with Gasteiger partial charge in [0.2, 0.25) is 0 Å². The normalized spacial score (nSPS) is 10.7. The summed E-state index contributed by atoms with van der Waals surface area (Å²) in [6, 6.07) is 20.6. The zero-order valence-electron chi connectivity index (χ0n) is 16.8. The Bertz CT molecular complexity index is 1200. The largest absolute Gasteiger partial charge is 0.497 e. The highest BCUT2D eigenvalue weighted by Crippen LogP contribution is 2.25. The highest BCUT2D eigenvalue weighted by Gasteiger charge is 2.11. The fourth-order valence-corrected chi connectivity index (χ4v) is 3.11. The molecule has 0 unspecified atom stereocenters. The van der Waals surface area contributed by atoms with E-state index in [9.17, 15) is 4.79 Å². The minimum absolute atomic E-state index is 0.218. The van der Waals surface area contributed by atoms with Gasteiger partial charge in [-0.3, -0.25) is 9.36 Å². The van der Waals surface area contributed by atoms with Crippen molar-refractivity contribution in [1.29, 1.82) is 0 Å². The molecule has 1 amide bonds. The summed E-state index contributed by atoms with van der Waals surface area (Å²) in [5.74, 6) is 0.549. The van der Waals surface area contributed by atoms with Crippen LogP contribution in [0.4, 0.5) is 11.4 Å². The third-order valence-corrected chi connectivity index (χ3v) is 4.84. The van der Waals surface area contributed by atoms with Crippen LogP contribution in [0.15, 0.2) is 66.7 Å². The molecule has 152 valence electrons. The summed E-state index contributed by atoms with van der Waals surface area (Å²) in [4.78, 5) is 16.9. The van der Waals surface area contributed by atoms with Crippen LogP contribution in [-0.4, -0.2) is 22.6 Å². The molecule has 0 radical (unpaired) electrons. The van der Waals surface area contributed by atoms with Gasteiger partial charge in [-0.15, -0.1) is 0 Å². The molecule has 3 aromatic carbocycles. The fourth-order valence-electron chi connectivity index (χ4n) is 3.11. The van der Waals surface area contributed by atoms with Gasteiger partial charge in [-0.05, 0) is 42.0 Å². The van der Waals surface area contributed by atoms with Crippen LogP contribution < -0.4 is 20.5 Å². The molecule has 1 heterocycles. The van der Waals surface area contributed by atoms with Crippen molar-refractivity contribution in [2.45, 2.75) is 6.61 Å². The number of amides is 1. The number of hydrogen-bond donors (Lipinski definition) is 2. The van der Waals surface area contributed by atoms with Crippen LogP contribution in [0.3, 0.4) is 0 Å². The van der Waals surface area contributed by atoms with Gasteiger partial charge in [0.25, 0.3) is 11.9 Å². The van der Waals surface area contributed by atoms with Crippen molar-refractivity contribution in [1.82, 2.24) is 9.55 Å². The molecule has 0 spiro atoms. The summed E-state index contributed by atoms with van der Waals surface area (Å²) in [6.07, 6.45) is 0. The van der Waals surface area contributed by atoms with Gasteiger partial charge in [0.05, 0.1) is 29.5 Å². The highest BCUT2D eigenvalue weighted by molar-refractivity contribution is 6.05. The predicted octanol–water partition coefficient (Wildman–Crippen LogP) is 4.00. The van der Waals surface area contributed by atoms with Gasteiger partial charge in [0.1, 0.15) is 12.4 Å². The molecule has 4 aromatic rings. The molecule has 0 aliphatic carbocycles. The van der Waals surface area contributed by atoms with Crippen molar-refractivity contribution in [3.63, 3.8) is 0 Å². The predicted molar refractivity (Wildman–Crippen MR) is 117 cm³/mol. The number of para-hydroxylation sites is 2. The van der Waals surface area contributed by atoms with E-state index in [0.29, 0.717) is 29.6 Å². The Hall–Kier alpha value is -4.00. The summed E-state index contributed by atoms with van der Waals surface area (Å²) in [6.45, 7) is 0.335. The number of fused-ring (bicyclic) bond motifs is 1. The molecule has 0 aliphatic heterocycles. The molecule has 3 N–H and O–H groups in total. The van der Waals surface area contributed by atoms with E-state index in [0.717, 1.165) is 22.3 Å². The number of imidazole rings is 1. The highest BCUT2D eigenvalue weighted by atomic mass is 16.5. The van der Waals surface area contributed by atoms with Crippen molar-refractivity contribution in [2.75, 3.05) is 18.2 Å². The maximum atomic E-state index is 12.4. The van der Waals surface area contributed by atoms with E-state index >= 15 is 0 Å². The summed E-state index contributed by atoms with van der Waals surface area (Å²) in [5, 5.41) is 2.82. The first-order chi connectivity index (χ1) is 14.5. The molecule has 30 heavy (non-hydrogen) atoms. The quantitative estimate of drug-likeness (QED) is 0.476. The van der Waals surface area contributed by atoms with Gasteiger partial charge < -0.3 is 20.5 Å². The first-order valence-electron chi connectivity index (χ1n) is 9.43. The molecule has 0 atom stereocenters. The lowest BCUT2D eigenvalue weighted by Crippen LogP contribution is -2.13. The van der Waals surface area contributed by atoms with E-state index in [-0.39, 0.29) is 5.91 Å². The minimum Gasteiger partial charge on any atom is -0.497 e. The van der Waals surface area contributed by atoms with Gasteiger partial charge >= 0.3 is 0 Å². The minimum atomic E-state index is -0.218. The number of hydrogen-bond acceptors (Lipinski definition) is 5. The molecular weight excluding hydrogens is 380 g/mol. The number of aromatic nitrogens is 2. The first-order valence-corrected chi connectivity index (χ1v) is 9.43. The van der Waals surface area contributed by atoms with Crippen LogP contribution in [0.1, 0.15) is 15.9 Å². The molecule has 4 rings (SSSR count). The van der Waals surface area contributed by atoms with E-state index < -0.39 is 0 Å². The SMILES string of the molecule is COc1ccc2nc(OCc3ccc(C(=O)Nc4ccccc4N)cc3)n(C)c2c1. The monoisotopic (exact) mass is 402 g/mol. The zero-order chi connectivity index (χ0) is 21.1. The lowest BCUT2D eigenvalue weighted by atomic mass is 10.1. The molecule has 7 heteroatoms. The number of nitrogen functional groups attached to an aromatic ring is 1. The average molecular weight is 402 g/mol. The molecule has 7 nitrogen and oxygen atoms in total. The first kappa shape index (κ1) is 19.3. The second-order valence-corrected chi connectivity index (χ2v) is 6.84. The number of nitrogens with zero attached hydrogens (tertiary/aromatic N) is 2. The van der Waals surface area contributed by atoms with Gasteiger partial charge in [0.15, 0.2) is 0 Å². The number of anilines is 2. The van der Waals surface area contributed by atoms with Crippen LogP contribution in [-0.2, 0) is 13.7 Å². The van der Waals surface area contributed by atoms with E-state index in [4.69, 9.17) is 15.2 Å². The summed E-state index contributed by atoms with van der Waals surface area (Å²) < 4.78 is 13.0. The molecule has 0 aliphatic rings. The lowest BCUT2D eigenvalue weighted by molar-refractivity contribution is 0.102. The maximum Gasteiger partial charge on any atom is 0.297 e. The third kappa shape index (κ3) is 3.91. The van der Waals surface area contributed by atoms with Gasteiger partial charge in [-0.1, -0.05) is 24.3 Å². The number of carbonyl (C=O) groups is 1. The van der Waals surface area contributed by atoms with Gasteiger partial charge in [-0.2, -0.15) is 4.98 Å². The molecular formula is C23H22N4O3. The van der Waals surface area contributed by atoms with E-state index in [1.807, 2.05) is 54.1 Å². The lowest BCUT2D eigenvalue weighted by Gasteiger charge is -2.09. The number of ether oxygens (including phenoxy) is 2. The summed E-state index contributed by atoms with van der Waals surface area (Å²) in [5.41, 5.74) is 10.2. The van der Waals surface area contributed by atoms with Crippen LogP contribution in [0.25, 0.3) is 11.0 Å². The van der Waals surface area contributed by atoms with Crippen molar-refractivity contribution < 1.29 is 14.3 Å². The number of benzene rings is 3. The van der Waals surface area contributed by atoms with Crippen molar-refractivity contribution in [2.24, 2.45) is 7.05 Å². The third-order valence-electron chi connectivity index (χ3n) is 4.84. The second-order valence-electron chi connectivity index (χ2n) is 6.84. The number of nitrogens with two attached hydrogens (primary N) is 1. The standard InChI is InChI=1S/C23H22N4O3/c1-27-21-13-17(29-2)11-12-20(21)26-23(27)30-14-15-7-9-16(10-8-15)22(28)25-19-6-4-3-5-18(19)24/h3-13H,14,24H2,1-2H3,(H,25,28). The van der Waals surface area contributed by atoms with Crippen LogP contribution in [0, 0.1) is 0 Å². The Labute approximate surface area is 174 Å². The Morgan fingerprint density at radius 1 is 1.10 bits per heavy atom. The smallest absolute Gasteiger partial charge is 0.297 e. The molecule has 0 saturated carbocycles. The Balaban J connectivity index is 1.43. The van der Waals surface area contributed by atoms with E-state index in [1.165, 1.54) is 0 Å². The van der Waals surface area contributed by atoms with Gasteiger partial charge in [0, 0.05) is 18.7 Å².